The minimum atomic E-state index is -1.73. The van der Waals surface area contributed by atoms with Gasteiger partial charge >= 0.3 is 0 Å². The minimum absolute atomic E-state index is 0.0558. The van der Waals surface area contributed by atoms with Crippen molar-refractivity contribution in [2.24, 2.45) is 0 Å². The quantitative estimate of drug-likeness (QED) is 0.143. The van der Waals surface area contributed by atoms with Crippen molar-refractivity contribution in [2.45, 2.75) is 87.1 Å². The molecule has 2 saturated heterocycles. The van der Waals surface area contributed by atoms with Crippen LogP contribution in [0.4, 0.5) is 0 Å². The lowest BCUT2D eigenvalue weighted by Gasteiger charge is -2.40. The fraction of sp³-hybridized carbons (Fsp3) is 0.533. The average Bonchev–Trinajstić information content (AvgIpc) is 3.04. The van der Waals surface area contributed by atoms with E-state index in [-0.39, 0.29) is 28.6 Å². The molecule has 2 aromatic carbocycles. The van der Waals surface area contributed by atoms with Gasteiger partial charge in [0.15, 0.2) is 23.0 Å². The van der Waals surface area contributed by atoms with E-state index in [9.17, 15) is 56.2 Å². The highest BCUT2D eigenvalue weighted by atomic mass is 16.7. The molecule has 0 bridgehead atoms. The van der Waals surface area contributed by atoms with E-state index in [1.165, 1.54) is 30.4 Å². The molecule has 15 nitrogen and oxygen atoms in total. The Morgan fingerprint density at radius 1 is 0.667 bits per heavy atom. The van der Waals surface area contributed by atoms with E-state index in [2.05, 4.69) is 0 Å². The van der Waals surface area contributed by atoms with Crippen molar-refractivity contribution in [3.05, 3.63) is 40.5 Å². The van der Waals surface area contributed by atoms with E-state index >= 15 is 0 Å². The van der Waals surface area contributed by atoms with E-state index in [0.29, 0.717) is 29.5 Å². The summed E-state index contributed by atoms with van der Waals surface area (Å²) >= 11 is 0. The second-order valence-corrected chi connectivity index (χ2v) is 11.3. The second-order valence-electron chi connectivity index (χ2n) is 11.3. The summed E-state index contributed by atoms with van der Waals surface area (Å²) in [7, 11) is 0. The largest absolute Gasteiger partial charge is 0.507 e. The van der Waals surface area contributed by atoms with Crippen LogP contribution in [0.15, 0.2) is 18.2 Å². The molecule has 3 aliphatic rings. The number of phenols is 3. The third kappa shape index (κ3) is 6.41. The zero-order valence-electron chi connectivity index (χ0n) is 24.0. The number of aliphatic hydroxyl groups is 8. The predicted molar refractivity (Wildman–Crippen MR) is 152 cm³/mol. The van der Waals surface area contributed by atoms with Gasteiger partial charge in [0.25, 0.3) is 0 Å². The number of hydrogen-bond donors (Lipinski definition) is 11. The Bertz CT molecular complexity index is 1380. The number of ether oxygens (including phenoxy) is 4. The molecule has 0 radical (unpaired) electrons. The average molecular weight is 639 g/mol. The number of rotatable bonds is 8. The van der Waals surface area contributed by atoms with E-state index < -0.39 is 80.4 Å². The first kappa shape index (κ1) is 33.2. The molecule has 15 heteroatoms. The molecule has 10 atom stereocenters. The minimum Gasteiger partial charge on any atom is -0.507 e. The summed E-state index contributed by atoms with van der Waals surface area (Å²) in [6.07, 6.45) is -10.5. The number of aliphatic hydroxyl groups excluding tert-OH is 8. The van der Waals surface area contributed by atoms with Crippen molar-refractivity contribution < 1.29 is 75.1 Å². The molecule has 2 aromatic rings. The van der Waals surface area contributed by atoms with Crippen molar-refractivity contribution in [3.8, 4) is 28.7 Å². The first-order valence-corrected chi connectivity index (χ1v) is 14.5. The van der Waals surface area contributed by atoms with Gasteiger partial charge < -0.3 is 75.1 Å². The van der Waals surface area contributed by atoms with Crippen molar-refractivity contribution in [1.29, 1.82) is 0 Å². The fourth-order valence-electron chi connectivity index (χ4n) is 5.72. The lowest BCUT2D eigenvalue weighted by Crippen LogP contribution is -2.60. The summed E-state index contributed by atoms with van der Waals surface area (Å²) in [5.41, 5.74) is 1.29. The zero-order valence-corrected chi connectivity index (χ0v) is 24.0. The van der Waals surface area contributed by atoms with Crippen molar-refractivity contribution in [1.82, 2.24) is 0 Å². The first-order valence-electron chi connectivity index (χ1n) is 14.5. The van der Waals surface area contributed by atoms with Crippen LogP contribution in [0.5, 0.6) is 28.7 Å². The topological polar surface area (TPSA) is 259 Å². The summed E-state index contributed by atoms with van der Waals surface area (Å²) < 4.78 is 22.2. The van der Waals surface area contributed by atoms with Gasteiger partial charge in [-0.3, -0.25) is 0 Å². The maximum absolute atomic E-state index is 11.3. The lowest BCUT2D eigenvalue weighted by molar-refractivity contribution is -0.277. The third-order valence-corrected chi connectivity index (χ3v) is 8.35. The van der Waals surface area contributed by atoms with Gasteiger partial charge in [-0.2, -0.15) is 0 Å². The molecule has 45 heavy (non-hydrogen) atoms. The maximum atomic E-state index is 11.3. The molecule has 10 unspecified atom stereocenters. The van der Waals surface area contributed by atoms with Crippen LogP contribution < -0.4 is 9.47 Å². The number of hydrogen-bond acceptors (Lipinski definition) is 15. The molecule has 2 heterocycles. The molecule has 11 N–H and O–H groups in total. The molecule has 0 aromatic heterocycles. The SMILES string of the molecule is OCC1OC(Oc2cc(C=Cc3c(O)c4c(c(OC5OC(CO)C(O)C(O)C5O)c3O)CCCC4)ccc2O)C(O)C(O)C1O. The highest BCUT2D eigenvalue weighted by Crippen LogP contribution is 2.48. The Labute approximate surface area is 257 Å². The van der Waals surface area contributed by atoms with E-state index in [1.807, 2.05) is 0 Å². The number of benzene rings is 2. The first-order chi connectivity index (χ1) is 21.5. The maximum Gasteiger partial charge on any atom is 0.229 e. The summed E-state index contributed by atoms with van der Waals surface area (Å²) in [6, 6.07) is 4.08. The Kier molecular flexibility index (Phi) is 10.0. The van der Waals surface area contributed by atoms with Gasteiger partial charge in [-0.15, -0.1) is 0 Å². The number of aromatic hydroxyl groups is 3. The monoisotopic (exact) mass is 638 g/mol. The van der Waals surface area contributed by atoms with Crippen LogP contribution in [0, 0.1) is 0 Å². The molecule has 248 valence electrons. The molecule has 5 rings (SSSR count). The summed E-state index contributed by atoms with van der Waals surface area (Å²) in [5, 5.41) is 113. The molecule has 2 aliphatic heterocycles. The van der Waals surface area contributed by atoms with Gasteiger partial charge in [0.1, 0.15) is 54.6 Å². The Morgan fingerprint density at radius 3 is 1.80 bits per heavy atom. The van der Waals surface area contributed by atoms with Crippen LogP contribution in [0.1, 0.15) is 35.1 Å². The van der Waals surface area contributed by atoms with Crippen LogP contribution in [0.25, 0.3) is 12.2 Å². The highest BCUT2D eigenvalue weighted by Gasteiger charge is 2.46. The van der Waals surface area contributed by atoms with Crippen LogP contribution >= 0.6 is 0 Å². The van der Waals surface area contributed by atoms with E-state index in [0.717, 1.165) is 12.8 Å². The Balaban J connectivity index is 1.44. The van der Waals surface area contributed by atoms with Gasteiger partial charge in [0.05, 0.1) is 18.8 Å². The van der Waals surface area contributed by atoms with Gasteiger partial charge in [-0.1, -0.05) is 12.1 Å². The molecule has 0 amide bonds. The van der Waals surface area contributed by atoms with Crippen LogP contribution in [0.3, 0.4) is 0 Å². The van der Waals surface area contributed by atoms with Gasteiger partial charge in [-0.25, -0.2) is 0 Å². The standard InChI is InChI=1S/C30H38O15/c31-10-18-22(36)24(38)26(40)29(43-18)42-17-9-12(6-8-16(17)33)5-7-15-20(34)13-3-1-2-4-14(13)28(21(15)35)45-30-27(41)25(39)23(37)19(11-32)44-30/h5-9,18-19,22-27,29-41H,1-4,10-11H2. The summed E-state index contributed by atoms with van der Waals surface area (Å²) in [5.74, 6) is -1.37. The smallest absolute Gasteiger partial charge is 0.229 e. The third-order valence-electron chi connectivity index (χ3n) is 8.35. The Hall–Kier alpha value is -3.22. The summed E-state index contributed by atoms with van der Waals surface area (Å²) in [6.45, 7) is -1.34. The molecule has 0 spiro atoms. The van der Waals surface area contributed by atoms with E-state index in [1.54, 1.807) is 0 Å². The lowest BCUT2D eigenvalue weighted by atomic mass is 9.87. The van der Waals surface area contributed by atoms with Gasteiger partial charge in [-0.05, 0) is 49.5 Å². The molecular weight excluding hydrogens is 600 g/mol. The predicted octanol–water partition coefficient (Wildman–Crippen LogP) is -1.79. The van der Waals surface area contributed by atoms with E-state index in [4.69, 9.17) is 18.9 Å². The highest BCUT2D eigenvalue weighted by molar-refractivity contribution is 5.80. The molecule has 2 fully saturated rings. The van der Waals surface area contributed by atoms with Gasteiger partial charge in [0.2, 0.25) is 12.6 Å². The normalized spacial score (nSPS) is 33.6. The fourth-order valence-corrected chi connectivity index (χ4v) is 5.72. The Morgan fingerprint density at radius 2 is 1.22 bits per heavy atom. The molecular formula is C30H38O15. The summed E-state index contributed by atoms with van der Waals surface area (Å²) in [4.78, 5) is 0. The number of fused-ring (bicyclic) bond motifs is 1. The van der Waals surface area contributed by atoms with Crippen LogP contribution in [-0.2, 0) is 22.3 Å². The van der Waals surface area contributed by atoms with Crippen LogP contribution in [0.2, 0.25) is 0 Å². The van der Waals surface area contributed by atoms with Crippen molar-refractivity contribution >= 4 is 12.2 Å². The zero-order chi connectivity index (χ0) is 32.6. The van der Waals surface area contributed by atoms with Crippen molar-refractivity contribution in [3.63, 3.8) is 0 Å². The van der Waals surface area contributed by atoms with Crippen molar-refractivity contribution in [2.75, 3.05) is 13.2 Å². The van der Waals surface area contributed by atoms with Crippen LogP contribution in [-0.4, -0.2) is 131 Å². The molecule has 0 saturated carbocycles. The second kappa shape index (κ2) is 13.6. The number of phenolic OH excluding ortho intramolecular Hbond substituents is 3. The van der Waals surface area contributed by atoms with Gasteiger partial charge in [0, 0.05) is 11.1 Å². The molecule has 1 aliphatic carbocycles.